The zero-order valence-corrected chi connectivity index (χ0v) is 21.6. The molecule has 1 atom stereocenters. The Morgan fingerprint density at radius 3 is 2.66 bits per heavy atom. The Hall–Kier alpha value is -3.41. The lowest BCUT2D eigenvalue weighted by atomic mass is 10.1. The Bertz CT molecular complexity index is 1330. The van der Waals surface area contributed by atoms with Gasteiger partial charge in [0.1, 0.15) is 29.3 Å². The minimum Gasteiger partial charge on any atom is -0.590 e. The molecule has 2 aromatic heterocycles. The number of amides is 1. The highest BCUT2D eigenvalue weighted by Gasteiger charge is 2.30. The molecule has 3 aromatic rings. The highest BCUT2D eigenvalue weighted by Crippen LogP contribution is 2.29. The van der Waals surface area contributed by atoms with E-state index >= 15 is 0 Å². The molecule has 0 aliphatic carbocycles. The van der Waals surface area contributed by atoms with E-state index in [1.54, 1.807) is 19.1 Å². The Labute approximate surface area is 220 Å². The summed E-state index contributed by atoms with van der Waals surface area (Å²) in [6.07, 6.45) is 5.34. The average Bonchev–Trinajstić information content (AvgIpc) is 3.30. The second-order valence-corrected chi connectivity index (χ2v) is 9.60. The minimum absolute atomic E-state index is 0.0597. The Morgan fingerprint density at radius 2 is 1.97 bits per heavy atom. The molecule has 2 heterocycles. The van der Waals surface area contributed by atoms with Crippen LogP contribution >= 0.6 is 0 Å². The van der Waals surface area contributed by atoms with Crippen molar-refractivity contribution in [3.05, 3.63) is 89.5 Å². The molecule has 0 saturated heterocycles. The van der Waals surface area contributed by atoms with Gasteiger partial charge in [0.05, 0.1) is 11.3 Å². The van der Waals surface area contributed by atoms with Crippen LogP contribution in [0, 0.1) is 5.82 Å². The highest BCUT2D eigenvalue weighted by molar-refractivity contribution is 7.89. The summed E-state index contributed by atoms with van der Waals surface area (Å²) >= 11 is -1.83. The van der Waals surface area contributed by atoms with E-state index in [2.05, 4.69) is 15.0 Å². The molecule has 1 unspecified atom stereocenters. The number of aromatic nitrogens is 1. The lowest BCUT2D eigenvalue weighted by molar-refractivity contribution is -0.137. The third kappa shape index (κ3) is 8.57. The van der Waals surface area contributed by atoms with Gasteiger partial charge in [-0.15, -0.1) is 4.72 Å². The van der Waals surface area contributed by atoms with Gasteiger partial charge in [-0.3, -0.25) is 9.78 Å². The first-order valence-electron chi connectivity index (χ1n) is 11.8. The molecule has 0 fully saturated rings. The topological polar surface area (TPSA) is 90.2 Å². The minimum atomic E-state index is -4.48. The monoisotopic (exact) mass is 549 g/mol. The fraction of sp³-hybridized carbons (Fsp3) is 0.259. The number of benzene rings is 1. The molecule has 1 amide bonds. The van der Waals surface area contributed by atoms with Crippen LogP contribution in [-0.2, 0) is 22.3 Å². The number of nitrogens with zero attached hydrogens (tertiary/aromatic N) is 1. The van der Waals surface area contributed by atoms with Gasteiger partial charge in [-0.1, -0.05) is 43.2 Å². The normalized spacial score (nSPS) is 13.9. The van der Waals surface area contributed by atoms with E-state index in [9.17, 15) is 26.9 Å². The number of allylic oxidation sites excluding steroid dienone is 5. The van der Waals surface area contributed by atoms with E-state index < -0.39 is 34.8 Å². The molecule has 0 aliphatic rings. The Morgan fingerprint density at radius 1 is 1.18 bits per heavy atom. The fourth-order valence-corrected chi connectivity index (χ4v) is 4.08. The predicted molar refractivity (Wildman–Crippen MR) is 139 cm³/mol. The van der Waals surface area contributed by atoms with Crippen molar-refractivity contribution in [2.24, 2.45) is 0 Å². The van der Waals surface area contributed by atoms with Gasteiger partial charge < -0.3 is 14.3 Å². The van der Waals surface area contributed by atoms with Crippen LogP contribution in [-0.4, -0.2) is 28.5 Å². The van der Waals surface area contributed by atoms with Gasteiger partial charge in [0.25, 0.3) is 0 Å². The second-order valence-electron chi connectivity index (χ2n) is 8.37. The van der Waals surface area contributed by atoms with E-state index in [1.165, 1.54) is 30.3 Å². The largest absolute Gasteiger partial charge is 0.590 e. The molecule has 3 rings (SSSR count). The quantitative estimate of drug-likeness (QED) is 0.171. The van der Waals surface area contributed by atoms with Crippen molar-refractivity contribution in [1.82, 2.24) is 15.0 Å². The third-order valence-corrected chi connectivity index (χ3v) is 6.20. The Kier molecular flexibility index (Phi) is 10.3. The first-order valence-corrected chi connectivity index (χ1v) is 12.9. The van der Waals surface area contributed by atoms with Gasteiger partial charge in [-0.2, -0.15) is 13.2 Å². The third-order valence-electron chi connectivity index (χ3n) is 5.22. The SMILES string of the molecule is CCC\C=C/C=C(\C=C(/C)CNC(=O)CN[S+]([O-])c1cc2cc(F)ccc2o1)c1ccc(C(F)(F)F)cn1. The van der Waals surface area contributed by atoms with Crippen LogP contribution in [0.15, 0.2) is 82.0 Å². The van der Waals surface area contributed by atoms with Gasteiger partial charge in [0.15, 0.2) is 0 Å². The van der Waals surface area contributed by atoms with Crippen molar-refractivity contribution in [1.29, 1.82) is 0 Å². The summed E-state index contributed by atoms with van der Waals surface area (Å²) in [5.74, 6) is -0.884. The number of alkyl halides is 3. The number of nitrogens with one attached hydrogen (secondary N) is 2. The number of unbranched alkanes of at least 4 members (excludes halogenated alkanes) is 1. The summed E-state index contributed by atoms with van der Waals surface area (Å²) in [6.45, 7) is 3.66. The van der Waals surface area contributed by atoms with Gasteiger partial charge in [0.2, 0.25) is 5.91 Å². The number of hydrogen-bond donors (Lipinski definition) is 2. The van der Waals surface area contributed by atoms with Crippen molar-refractivity contribution < 1.29 is 31.3 Å². The Balaban J connectivity index is 1.60. The van der Waals surface area contributed by atoms with Crippen LogP contribution in [0.1, 0.15) is 37.9 Å². The molecular weight excluding hydrogens is 522 g/mol. The predicted octanol–water partition coefficient (Wildman–Crippen LogP) is 6.10. The zero-order chi connectivity index (χ0) is 27.7. The van der Waals surface area contributed by atoms with Crippen molar-refractivity contribution in [2.45, 2.75) is 38.0 Å². The molecule has 6 nitrogen and oxygen atoms in total. The van der Waals surface area contributed by atoms with Crippen LogP contribution in [0.25, 0.3) is 16.5 Å². The summed E-state index contributed by atoms with van der Waals surface area (Å²) in [6, 6.07) is 7.62. The van der Waals surface area contributed by atoms with E-state index in [1.807, 2.05) is 19.1 Å². The van der Waals surface area contributed by atoms with Gasteiger partial charge in [0, 0.05) is 29.8 Å². The summed E-state index contributed by atoms with van der Waals surface area (Å²) < 4.78 is 72.4. The van der Waals surface area contributed by atoms with E-state index in [4.69, 9.17) is 4.42 Å². The molecule has 202 valence electrons. The van der Waals surface area contributed by atoms with Gasteiger partial charge >= 0.3 is 11.3 Å². The number of furan rings is 1. The lowest BCUT2D eigenvalue weighted by Crippen LogP contribution is -2.37. The second kappa shape index (κ2) is 13.4. The van der Waals surface area contributed by atoms with Crippen LogP contribution in [0.3, 0.4) is 0 Å². The number of pyridine rings is 1. The van der Waals surface area contributed by atoms with Crippen LogP contribution in [0.5, 0.6) is 0 Å². The van der Waals surface area contributed by atoms with Crippen molar-refractivity contribution in [2.75, 3.05) is 13.1 Å². The number of hydrogen-bond acceptors (Lipinski definition) is 5. The molecule has 0 aliphatic heterocycles. The summed E-state index contributed by atoms with van der Waals surface area (Å²) in [5, 5.41) is 3.20. The molecule has 1 aromatic carbocycles. The number of fused-ring (bicyclic) bond motifs is 1. The zero-order valence-electron chi connectivity index (χ0n) is 20.8. The van der Waals surface area contributed by atoms with Crippen LogP contribution in [0.4, 0.5) is 17.6 Å². The smallest absolute Gasteiger partial charge is 0.417 e. The molecular formula is C27H27F4N3O3S. The number of rotatable bonds is 11. The number of carbonyl (C=O) groups excluding carboxylic acids is 1. The highest BCUT2D eigenvalue weighted by atomic mass is 32.2. The molecule has 0 radical (unpaired) electrons. The van der Waals surface area contributed by atoms with Gasteiger partial charge in [-0.05, 0) is 43.7 Å². The first-order chi connectivity index (χ1) is 18.1. The van der Waals surface area contributed by atoms with E-state index in [0.29, 0.717) is 22.2 Å². The maximum absolute atomic E-state index is 13.3. The van der Waals surface area contributed by atoms with Crippen LogP contribution in [0.2, 0.25) is 0 Å². The number of halogens is 4. The molecule has 0 spiro atoms. The maximum Gasteiger partial charge on any atom is 0.417 e. The summed E-state index contributed by atoms with van der Waals surface area (Å²) in [7, 11) is 0. The maximum atomic E-state index is 13.3. The lowest BCUT2D eigenvalue weighted by Gasteiger charge is -2.10. The van der Waals surface area contributed by atoms with Crippen molar-refractivity contribution in [3.63, 3.8) is 0 Å². The van der Waals surface area contributed by atoms with Gasteiger partial charge in [-0.25, -0.2) is 4.39 Å². The van der Waals surface area contributed by atoms with E-state index in [0.717, 1.165) is 30.7 Å². The molecule has 0 saturated carbocycles. The fourth-order valence-electron chi connectivity index (χ4n) is 3.27. The van der Waals surface area contributed by atoms with Crippen LogP contribution < -0.4 is 10.0 Å². The average molecular weight is 550 g/mol. The molecule has 0 bridgehead atoms. The molecule has 11 heteroatoms. The van der Waals surface area contributed by atoms with Crippen molar-refractivity contribution >= 4 is 33.8 Å². The standard InChI is InChI=1S/C27H27F4N3O3S/c1-3-4-5-6-7-19(23-10-8-21(16-32-23)27(29,30)31)12-18(2)15-33-25(35)17-34-38(36)26-14-20-13-22(28)9-11-24(20)37-26/h5-14,16,34H,3-4,15,17H2,1-2H3,(H,33,35)/b6-5-,18-12+,19-7+. The molecule has 2 N–H and O–H groups in total. The van der Waals surface area contributed by atoms with Crippen molar-refractivity contribution in [3.8, 4) is 0 Å². The molecule has 38 heavy (non-hydrogen) atoms. The first kappa shape index (κ1) is 29.2. The summed E-state index contributed by atoms with van der Waals surface area (Å²) in [4.78, 5) is 16.2. The van der Waals surface area contributed by atoms with E-state index in [-0.39, 0.29) is 18.2 Å². The number of carbonyl (C=O) groups is 1. The summed E-state index contributed by atoms with van der Waals surface area (Å²) in [5.41, 5.74) is 1.19.